The van der Waals surface area contributed by atoms with Gasteiger partial charge in [0.2, 0.25) is 0 Å². The first-order valence-electron chi connectivity index (χ1n) is 6.13. The van der Waals surface area contributed by atoms with Gasteiger partial charge in [-0.3, -0.25) is 4.98 Å². The molecule has 1 heterocycles. The number of carboxylic acid groups (broad SMARTS) is 1. The average molecular weight is 273 g/mol. The maximum absolute atomic E-state index is 11.1. The van der Waals surface area contributed by atoms with Gasteiger partial charge in [-0.1, -0.05) is 12.1 Å². The molecule has 1 aromatic heterocycles. The zero-order valence-electron chi connectivity index (χ0n) is 11.1. The van der Waals surface area contributed by atoms with Gasteiger partial charge in [0, 0.05) is 13.3 Å². The van der Waals surface area contributed by atoms with Crippen molar-refractivity contribution in [2.75, 3.05) is 13.7 Å². The number of pyridine rings is 1. The van der Waals surface area contributed by atoms with Crippen LogP contribution in [0.3, 0.4) is 0 Å². The topological polar surface area (TPSA) is 68.7 Å². The second-order valence-corrected chi connectivity index (χ2v) is 4.17. The van der Waals surface area contributed by atoms with Gasteiger partial charge >= 0.3 is 5.97 Å². The third-order valence-corrected chi connectivity index (χ3v) is 2.76. The highest BCUT2D eigenvalue weighted by Crippen LogP contribution is 2.24. The Morgan fingerprint density at radius 3 is 2.65 bits per heavy atom. The van der Waals surface area contributed by atoms with Crippen molar-refractivity contribution < 1.29 is 19.4 Å². The van der Waals surface area contributed by atoms with Gasteiger partial charge in [0.25, 0.3) is 0 Å². The van der Waals surface area contributed by atoms with Crippen molar-refractivity contribution >= 4 is 5.97 Å². The minimum Gasteiger partial charge on any atom is -0.478 e. The fraction of sp³-hybridized carbons (Fsp3) is 0.200. The molecule has 0 aliphatic carbocycles. The summed E-state index contributed by atoms with van der Waals surface area (Å²) in [5, 5.41) is 9.06. The Labute approximate surface area is 116 Å². The molecular formula is C15H15NO4. The number of rotatable bonds is 6. The van der Waals surface area contributed by atoms with Crippen LogP contribution in [0.15, 0.2) is 42.7 Å². The van der Waals surface area contributed by atoms with Gasteiger partial charge in [0.1, 0.15) is 11.3 Å². The fourth-order valence-electron chi connectivity index (χ4n) is 1.71. The molecule has 104 valence electrons. The maximum Gasteiger partial charge on any atom is 0.339 e. The summed E-state index contributed by atoms with van der Waals surface area (Å²) in [6.45, 7) is 0.659. The molecule has 5 nitrogen and oxygen atoms in total. The summed E-state index contributed by atoms with van der Waals surface area (Å²) in [6.07, 6.45) is 3.64. The van der Waals surface area contributed by atoms with Gasteiger partial charge in [0.05, 0.1) is 12.8 Å². The van der Waals surface area contributed by atoms with E-state index in [0.29, 0.717) is 12.4 Å². The molecule has 0 fully saturated rings. The van der Waals surface area contributed by atoms with E-state index in [-0.39, 0.29) is 11.3 Å². The molecule has 2 aromatic rings. The highest BCUT2D eigenvalue weighted by molar-refractivity contribution is 5.90. The van der Waals surface area contributed by atoms with Crippen LogP contribution in [0, 0.1) is 0 Å². The summed E-state index contributed by atoms with van der Waals surface area (Å²) < 4.78 is 10.6. The molecule has 0 saturated heterocycles. The lowest BCUT2D eigenvalue weighted by molar-refractivity contribution is 0.0694. The minimum absolute atomic E-state index is 0.0865. The first-order valence-corrected chi connectivity index (χ1v) is 6.13. The van der Waals surface area contributed by atoms with Crippen LogP contribution >= 0.6 is 0 Å². The number of carboxylic acids is 1. The molecule has 0 radical (unpaired) electrons. The average Bonchev–Trinajstić information content (AvgIpc) is 2.47. The molecule has 20 heavy (non-hydrogen) atoms. The molecule has 0 spiro atoms. The van der Waals surface area contributed by atoms with Gasteiger partial charge in [-0.25, -0.2) is 4.79 Å². The van der Waals surface area contributed by atoms with E-state index in [1.54, 1.807) is 19.2 Å². The van der Waals surface area contributed by atoms with E-state index in [0.717, 1.165) is 12.0 Å². The molecule has 0 aliphatic rings. The highest BCUT2D eigenvalue weighted by atomic mass is 16.5. The summed E-state index contributed by atoms with van der Waals surface area (Å²) in [4.78, 5) is 14.9. The van der Waals surface area contributed by atoms with Crippen molar-refractivity contribution in [3.63, 3.8) is 0 Å². The number of benzene rings is 1. The Bertz CT molecular complexity index is 581. The smallest absolute Gasteiger partial charge is 0.339 e. The Morgan fingerprint density at radius 1 is 1.25 bits per heavy atom. The fourth-order valence-corrected chi connectivity index (χ4v) is 1.71. The van der Waals surface area contributed by atoms with Crippen molar-refractivity contribution in [1.82, 2.24) is 4.98 Å². The lowest BCUT2D eigenvalue weighted by atomic mass is 10.1. The normalized spacial score (nSPS) is 10.2. The van der Waals surface area contributed by atoms with E-state index in [1.807, 2.05) is 12.1 Å². The number of nitrogens with zero attached hydrogens (tertiary/aromatic N) is 1. The molecule has 1 aromatic carbocycles. The number of hydrogen-bond donors (Lipinski definition) is 1. The van der Waals surface area contributed by atoms with E-state index >= 15 is 0 Å². The molecule has 0 unspecified atom stereocenters. The molecule has 0 saturated carbocycles. The van der Waals surface area contributed by atoms with Gasteiger partial charge in [-0.15, -0.1) is 0 Å². The van der Waals surface area contributed by atoms with E-state index < -0.39 is 5.97 Å². The quantitative estimate of drug-likeness (QED) is 0.876. The van der Waals surface area contributed by atoms with E-state index in [1.165, 1.54) is 18.5 Å². The van der Waals surface area contributed by atoms with Crippen molar-refractivity contribution in [3.05, 3.63) is 53.9 Å². The summed E-state index contributed by atoms with van der Waals surface area (Å²) in [5.41, 5.74) is 1.22. The van der Waals surface area contributed by atoms with Crippen LogP contribution in [-0.4, -0.2) is 29.8 Å². The van der Waals surface area contributed by atoms with Crippen LogP contribution in [0.25, 0.3) is 0 Å². The molecule has 5 heteroatoms. The van der Waals surface area contributed by atoms with Crippen LogP contribution in [0.2, 0.25) is 0 Å². The van der Waals surface area contributed by atoms with Crippen molar-refractivity contribution in [1.29, 1.82) is 0 Å². The Hall–Kier alpha value is -2.40. The Kier molecular flexibility index (Phi) is 4.68. The van der Waals surface area contributed by atoms with Gasteiger partial charge in [0.15, 0.2) is 5.75 Å². The lowest BCUT2D eigenvalue weighted by Crippen LogP contribution is -2.00. The first kappa shape index (κ1) is 14.0. The summed E-state index contributed by atoms with van der Waals surface area (Å²) >= 11 is 0. The van der Waals surface area contributed by atoms with E-state index in [4.69, 9.17) is 14.6 Å². The molecule has 2 rings (SSSR count). The number of methoxy groups -OCH3 is 1. The summed E-state index contributed by atoms with van der Waals surface area (Å²) in [7, 11) is 1.66. The van der Waals surface area contributed by atoms with Crippen molar-refractivity contribution in [2.24, 2.45) is 0 Å². The SMILES string of the molecule is COCCc1ccc(Oc2cnccc2C(=O)O)cc1. The zero-order valence-corrected chi connectivity index (χ0v) is 11.1. The predicted octanol–water partition coefficient (Wildman–Crippen LogP) is 2.76. The standard InChI is InChI=1S/C15H15NO4/c1-19-9-7-11-2-4-12(5-3-11)20-14-10-16-8-6-13(14)15(17)18/h2-6,8,10H,7,9H2,1H3,(H,17,18). The van der Waals surface area contributed by atoms with E-state index in [2.05, 4.69) is 4.98 Å². The molecular weight excluding hydrogens is 258 g/mol. The lowest BCUT2D eigenvalue weighted by Gasteiger charge is -2.08. The van der Waals surface area contributed by atoms with Crippen molar-refractivity contribution in [3.8, 4) is 11.5 Å². The second-order valence-electron chi connectivity index (χ2n) is 4.17. The minimum atomic E-state index is -1.04. The van der Waals surface area contributed by atoms with Crippen LogP contribution in [0.5, 0.6) is 11.5 Å². The molecule has 0 amide bonds. The van der Waals surface area contributed by atoms with Crippen LogP contribution < -0.4 is 4.74 Å². The second kappa shape index (κ2) is 6.68. The Balaban J connectivity index is 2.12. The monoisotopic (exact) mass is 273 g/mol. The molecule has 0 bridgehead atoms. The van der Waals surface area contributed by atoms with Crippen LogP contribution in [-0.2, 0) is 11.2 Å². The predicted molar refractivity (Wildman–Crippen MR) is 73.3 cm³/mol. The first-order chi connectivity index (χ1) is 9.70. The van der Waals surface area contributed by atoms with Crippen LogP contribution in [0.4, 0.5) is 0 Å². The Morgan fingerprint density at radius 2 is 2.00 bits per heavy atom. The molecule has 0 atom stereocenters. The number of hydrogen-bond acceptors (Lipinski definition) is 4. The van der Waals surface area contributed by atoms with Crippen LogP contribution in [0.1, 0.15) is 15.9 Å². The molecule has 1 N–H and O–H groups in total. The highest BCUT2D eigenvalue weighted by Gasteiger charge is 2.11. The third kappa shape index (κ3) is 3.55. The van der Waals surface area contributed by atoms with Crippen molar-refractivity contribution in [2.45, 2.75) is 6.42 Å². The van der Waals surface area contributed by atoms with Gasteiger partial charge in [-0.2, -0.15) is 0 Å². The van der Waals surface area contributed by atoms with Gasteiger partial charge in [-0.05, 0) is 30.2 Å². The third-order valence-electron chi connectivity index (χ3n) is 2.76. The number of aromatic nitrogens is 1. The summed E-state index contributed by atoms with van der Waals surface area (Å²) in [6, 6.07) is 8.84. The zero-order chi connectivity index (χ0) is 14.4. The molecule has 0 aliphatic heterocycles. The number of aromatic carboxylic acids is 1. The number of carbonyl (C=O) groups is 1. The summed E-state index contributed by atoms with van der Waals surface area (Å²) in [5.74, 6) is -0.245. The largest absolute Gasteiger partial charge is 0.478 e. The van der Waals surface area contributed by atoms with E-state index in [9.17, 15) is 4.79 Å². The maximum atomic E-state index is 11.1. The van der Waals surface area contributed by atoms with Gasteiger partial charge < -0.3 is 14.6 Å². The number of ether oxygens (including phenoxy) is 2.